The third kappa shape index (κ3) is 3.50. The number of anilines is 1. The number of carboxylic acids is 1. The van der Waals surface area contributed by atoms with E-state index in [-0.39, 0.29) is 5.69 Å². The van der Waals surface area contributed by atoms with Crippen molar-refractivity contribution in [1.29, 1.82) is 0 Å². The minimum atomic E-state index is -1.13. The van der Waals surface area contributed by atoms with Gasteiger partial charge in [-0.1, -0.05) is 13.8 Å². The molecule has 1 aromatic carbocycles. The number of benzene rings is 1. The number of nitrogens with one attached hydrogen (secondary N) is 1. The first kappa shape index (κ1) is 15.5. The Kier molecular flexibility index (Phi) is 4.73. The summed E-state index contributed by atoms with van der Waals surface area (Å²) in [6.45, 7) is 2.80. The van der Waals surface area contributed by atoms with Crippen LogP contribution in [0.4, 0.5) is 15.8 Å². The van der Waals surface area contributed by atoms with Gasteiger partial charge in [0, 0.05) is 17.7 Å². The smallest absolute Gasteiger partial charge is 0.307 e. The summed E-state index contributed by atoms with van der Waals surface area (Å²) >= 11 is 0. The topological polar surface area (TPSA) is 110 Å². The number of aliphatic carboxylic acids is 1. The largest absolute Gasteiger partial charge is 0.481 e. The molecule has 0 saturated heterocycles. The molecule has 108 valence electrons. The summed E-state index contributed by atoms with van der Waals surface area (Å²) < 4.78 is 13.1. The van der Waals surface area contributed by atoms with E-state index in [0.717, 1.165) is 12.1 Å². The van der Waals surface area contributed by atoms with Crippen LogP contribution in [0.3, 0.4) is 0 Å². The first-order chi connectivity index (χ1) is 9.23. The van der Waals surface area contributed by atoms with Gasteiger partial charge in [-0.15, -0.1) is 0 Å². The monoisotopic (exact) mass is 284 g/mol. The van der Waals surface area contributed by atoms with E-state index in [4.69, 9.17) is 5.11 Å². The van der Waals surface area contributed by atoms with Gasteiger partial charge in [-0.05, 0) is 12.1 Å². The number of nitro benzene ring substituents is 1. The minimum Gasteiger partial charge on any atom is -0.481 e. The molecule has 8 heteroatoms. The number of nitro groups is 1. The Bertz CT molecular complexity index is 561. The summed E-state index contributed by atoms with van der Waals surface area (Å²) in [6, 6.07) is 2.91. The van der Waals surface area contributed by atoms with Crippen LogP contribution in [0, 0.1) is 27.8 Å². The second-order valence-electron chi connectivity index (χ2n) is 4.33. The zero-order valence-corrected chi connectivity index (χ0v) is 10.8. The van der Waals surface area contributed by atoms with Crippen molar-refractivity contribution in [1.82, 2.24) is 0 Å². The molecule has 1 aromatic rings. The van der Waals surface area contributed by atoms with Gasteiger partial charge in [-0.2, -0.15) is 4.39 Å². The van der Waals surface area contributed by atoms with Crippen molar-refractivity contribution in [3.8, 4) is 0 Å². The zero-order chi connectivity index (χ0) is 15.4. The van der Waals surface area contributed by atoms with Gasteiger partial charge in [-0.3, -0.25) is 19.7 Å². The maximum Gasteiger partial charge on any atom is 0.307 e. The zero-order valence-electron chi connectivity index (χ0n) is 10.8. The Hall–Kier alpha value is -2.51. The summed E-state index contributed by atoms with van der Waals surface area (Å²) in [4.78, 5) is 32.2. The van der Waals surface area contributed by atoms with E-state index < -0.39 is 40.1 Å². The van der Waals surface area contributed by atoms with Crippen LogP contribution in [0.2, 0.25) is 0 Å². The van der Waals surface area contributed by atoms with Gasteiger partial charge in [-0.25, -0.2) is 0 Å². The second-order valence-corrected chi connectivity index (χ2v) is 4.33. The summed E-state index contributed by atoms with van der Waals surface area (Å²) in [5.74, 6) is -4.50. The molecule has 2 atom stereocenters. The highest BCUT2D eigenvalue weighted by atomic mass is 19.1. The normalized spacial score (nSPS) is 13.3. The standard InChI is InChI=1S/C12H13FN2O5/c1-6(7(2)12(17)18)11(16)14-8-3-4-9(13)10(5-8)15(19)20/h3-7H,1-2H3,(H,14,16)(H,17,18). The lowest BCUT2D eigenvalue weighted by Gasteiger charge is -2.15. The van der Waals surface area contributed by atoms with Crippen LogP contribution in [0.1, 0.15) is 13.8 Å². The van der Waals surface area contributed by atoms with Crippen molar-refractivity contribution in [2.75, 3.05) is 5.32 Å². The third-order valence-corrected chi connectivity index (χ3v) is 2.96. The van der Waals surface area contributed by atoms with Crippen molar-refractivity contribution in [2.45, 2.75) is 13.8 Å². The average molecular weight is 284 g/mol. The lowest BCUT2D eigenvalue weighted by molar-refractivity contribution is -0.387. The van der Waals surface area contributed by atoms with Gasteiger partial charge in [0.25, 0.3) is 0 Å². The Labute approximate surface area is 113 Å². The minimum absolute atomic E-state index is 0.0348. The van der Waals surface area contributed by atoms with Gasteiger partial charge >= 0.3 is 11.7 Å². The molecule has 0 aliphatic rings. The molecule has 2 unspecified atom stereocenters. The molecule has 0 bridgehead atoms. The molecule has 7 nitrogen and oxygen atoms in total. The van der Waals surface area contributed by atoms with Gasteiger partial charge in [0.1, 0.15) is 0 Å². The van der Waals surface area contributed by atoms with E-state index in [1.807, 2.05) is 0 Å². The fraction of sp³-hybridized carbons (Fsp3) is 0.333. The first-order valence-electron chi connectivity index (χ1n) is 5.71. The van der Waals surface area contributed by atoms with Gasteiger partial charge in [0.05, 0.1) is 10.8 Å². The van der Waals surface area contributed by atoms with E-state index in [1.54, 1.807) is 0 Å². The average Bonchev–Trinajstić information content (AvgIpc) is 2.38. The van der Waals surface area contributed by atoms with Crippen molar-refractivity contribution >= 4 is 23.3 Å². The van der Waals surface area contributed by atoms with Crippen molar-refractivity contribution < 1.29 is 24.0 Å². The predicted molar refractivity (Wildman–Crippen MR) is 67.6 cm³/mol. The number of hydrogen-bond donors (Lipinski definition) is 2. The number of nitrogens with zero attached hydrogens (tertiary/aromatic N) is 1. The van der Waals surface area contributed by atoms with Crippen LogP contribution in [0.5, 0.6) is 0 Å². The van der Waals surface area contributed by atoms with Crippen molar-refractivity contribution in [2.24, 2.45) is 11.8 Å². The van der Waals surface area contributed by atoms with E-state index in [9.17, 15) is 24.1 Å². The van der Waals surface area contributed by atoms with Crippen molar-refractivity contribution in [3.05, 3.63) is 34.1 Å². The second kappa shape index (κ2) is 6.09. The van der Waals surface area contributed by atoms with E-state index in [0.29, 0.717) is 0 Å². The van der Waals surface area contributed by atoms with Crippen molar-refractivity contribution in [3.63, 3.8) is 0 Å². The molecular weight excluding hydrogens is 271 g/mol. The Morgan fingerprint density at radius 3 is 2.45 bits per heavy atom. The predicted octanol–water partition coefficient (Wildman–Crippen LogP) is 2.03. The van der Waals surface area contributed by atoms with Gasteiger partial charge < -0.3 is 10.4 Å². The van der Waals surface area contributed by atoms with Gasteiger partial charge in [0.15, 0.2) is 0 Å². The maximum atomic E-state index is 13.1. The quantitative estimate of drug-likeness (QED) is 0.635. The molecule has 0 spiro atoms. The molecule has 0 radical (unpaired) electrons. The molecule has 0 aliphatic carbocycles. The molecule has 2 N–H and O–H groups in total. The molecule has 1 amide bonds. The summed E-state index contributed by atoms with van der Waals surface area (Å²) in [7, 11) is 0. The SMILES string of the molecule is CC(C(=O)O)C(C)C(=O)Nc1ccc(F)c([N+](=O)[O-])c1. The van der Waals surface area contributed by atoms with E-state index >= 15 is 0 Å². The number of rotatable bonds is 5. The third-order valence-electron chi connectivity index (χ3n) is 2.96. The van der Waals surface area contributed by atoms with Crippen LogP contribution in [-0.4, -0.2) is 21.9 Å². The first-order valence-corrected chi connectivity index (χ1v) is 5.71. The molecule has 0 aromatic heterocycles. The fourth-order valence-electron chi connectivity index (χ4n) is 1.43. The Morgan fingerprint density at radius 1 is 1.35 bits per heavy atom. The van der Waals surface area contributed by atoms with Crippen LogP contribution < -0.4 is 5.32 Å². The lowest BCUT2D eigenvalue weighted by atomic mass is 9.95. The maximum absolute atomic E-state index is 13.1. The highest BCUT2D eigenvalue weighted by Crippen LogP contribution is 2.22. The Morgan fingerprint density at radius 2 is 1.95 bits per heavy atom. The summed E-state index contributed by atoms with van der Waals surface area (Å²) in [6.07, 6.45) is 0. The summed E-state index contributed by atoms with van der Waals surface area (Å²) in [5.41, 5.74) is -0.728. The number of amides is 1. The van der Waals surface area contributed by atoms with Crippen LogP contribution in [0.25, 0.3) is 0 Å². The molecular formula is C12H13FN2O5. The highest BCUT2D eigenvalue weighted by molar-refractivity contribution is 5.95. The molecule has 0 saturated carbocycles. The number of hydrogen-bond acceptors (Lipinski definition) is 4. The van der Waals surface area contributed by atoms with Gasteiger partial charge in [0.2, 0.25) is 11.7 Å². The van der Waals surface area contributed by atoms with E-state index in [2.05, 4.69) is 5.32 Å². The number of carbonyl (C=O) groups is 2. The van der Waals surface area contributed by atoms with Crippen LogP contribution in [0.15, 0.2) is 18.2 Å². The highest BCUT2D eigenvalue weighted by Gasteiger charge is 2.26. The molecule has 20 heavy (non-hydrogen) atoms. The fourth-order valence-corrected chi connectivity index (χ4v) is 1.43. The number of carbonyl (C=O) groups excluding carboxylic acids is 1. The molecule has 1 rings (SSSR count). The van der Waals surface area contributed by atoms with Crippen LogP contribution in [-0.2, 0) is 9.59 Å². The molecule has 0 fully saturated rings. The Balaban J connectivity index is 2.89. The molecule has 0 heterocycles. The summed E-state index contributed by atoms with van der Waals surface area (Å²) in [5, 5.41) is 21.7. The van der Waals surface area contributed by atoms with E-state index in [1.165, 1.54) is 19.9 Å². The molecule has 0 aliphatic heterocycles. The lowest BCUT2D eigenvalue weighted by Crippen LogP contribution is -2.29. The van der Waals surface area contributed by atoms with Crippen LogP contribution >= 0.6 is 0 Å². The number of halogens is 1. The number of carboxylic acid groups (broad SMARTS) is 1.